The van der Waals surface area contributed by atoms with Gasteiger partial charge in [-0.15, -0.1) is 0 Å². The van der Waals surface area contributed by atoms with Gasteiger partial charge in [-0.05, 0) is 42.7 Å². The average Bonchev–Trinajstić information content (AvgIpc) is 2.79. The molecule has 1 unspecified atom stereocenters. The first kappa shape index (κ1) is 23.5. The lowest BCUT2D eigenvalue weighted by Crippen LogP contribution is -2.41. The second kappa shape index (κ2) is 10.4. The Balaban J connectivity index is 1.90. The summed E-state index contributed by atoms with van der Waals surface area (Å²) in [5, 5.41) is 2.90. The van der Waals surface area contributed by atoms with E-state index in [1.165, 1.54) is 11.4 Å². The van der Waals surface area contributed by atoms with Crippen molar-refractivity contribution in [1.29, 1.82) is 0 Å². The summed E-state index contributed by atoms with van der Waals surface area (Å²) in [6.07, 6.45) is 0. The number of benzene rings is 3. The summed E-state index contributed by atoms with van der Waals surface area (Å²) in [5.74, 6) is -0.140. The van der Waals surface area contributed by atoms with Crippen molar-refractivity contribution in [3.8, 4) is 5.75 Å². The van der Waals surface area contributed by atoms with Crippen LogP contribution in [0.25, 0.3) is 0 Å². The smallest absolute Gasteiger partial charge is 0.247 e. The van der Waals surface area contributed by atoms with Gasteiger partial charge in [0, 0.05) is 6.54 Å². The van der Waals surface area contributed by atoms with Crippen LogP contribution in [0.15, 0.2) is 83.8 Å². The molecule has 7 heteroatoms. The predicted octanol–water partition coefficient (Wildman–Crippen LogP) is 4.07. The van der Waals surface area contributed by atoms with Gasteiger partial charge in [-0.25, -0.2) is 8.42 Å². The zero-order valence-corrected chi connectivity index (χ0v) is 19.3. The van der Waals surface area contributed by atoms with E-state index in [9.17, 15) is 13.2 Å². The lowest BCUT2D eigenvalue weighted by molar-refractivity contribution is -0.122. The number of carbonyl (C=O) groups is 1. The second-order valence-electron chi connectivity index (χ2n) is 7.61. The lowest BCUT2D eigenvalue weighted by atomic mass is 10.1. The number of ether oxygens (including phenoxy) is 1. The Kier molecular flexibility index (Phi) is 7.66. The highest BCUT2D eigenvalue weighted by Crippen LogP contribution is 2.28. The van der Waals surface area contributed by atoms with Crippen LogP contribution in [0.4, 0.5) is 0 Å². The molecule has 0 aromatic heterocycles. The molecule has 0 aliphatic heterocycles. The minimum atomic E-state index is -4.01. The van der Waals surface area contributed by atoms with E-state index in [4.69, 9.17) is 4.74 Å². The molecule has 1 atom stereocenters. The Labute approximate surface area is 189 Å². The van der Waals surface area contributed by atoms with Crippen molar-refractivity contribution in [2.75, 3.05) is 13.7 Å². The second-order valence-corrected chi connectivity index (χ2v) is 9.52. The van der Waals surface area contributed by atoms with Crippen molar-refractivity contribution in [2.45, 2.75) is 31.3 Å². The van der Waals surface area contributed by atoms with Crippen LogP contribution in [0.2, 0.25) is 0 Å². The molecule has 0 saturated heterocycles. The van der Waals surface area contributed by atoms with E-state index >= 15 is 0 Å². The van der Waals surface area contributed by atoms with Crippen LogP contribution in [-0.4, -0.2) is 32.3 Å². The highest BCUT2D eigenvalue weighted by Gasteiger charge is 2.30. The first-order valence-corrected chi connectivity index (χ1v) is 11.8. The quantitative estimate of drug-likeness (QED) is 0.531. The van der Waals surface area contributed by atoms with Crippen molar-refractivity contribution in [3.05, 3.63) is 95.6 Å². The van der Waals surface area contributed by atoms with Crippen LogP contribution in [0.3, 0.4) is 0 Å². The number of amides is 1. The van der Waals surface area contributed by atoms with Crippen molar-refractivity contribution < 1.29 is 17.9 Å². The molecule has 1 amide bonds. The Bertz CT molecular complexity index is 1150. The third-order valence-electron chi connectivity index (χ3n) is 5.14. The van der Waals surface area contributed by atoms with E-state index in [2.05, 4.69) is 5.32 Å². The van der Waals surface area contributed by atoms with E-state index in [0.717, 1.165) is 16.7 Å². The molecule has 0 fully saturated rings. The minimum Gasteiger partial charge on any atom is -0.495 e. The predicted molar refractivity (Wildman–Crippen MR) is 125 cm³/mol. The van der Waals surface area contributed by atoms with Gasteiger partial charge < -0.3 is 10.1 Å². The van der Waals surface area contributed by atoms with Gasteiger partial charge in [-0.3, -0.25) is 4.79 Å². The highest BCUT2D eigenvalue weighted by atomic mass is 32.2. The zero-order chi connectivity index (χ0) is 23.1. The fraction of sp³-hybridized carbons (Fsp3) is 0.240. The Morgan fingerprint density at radius 1 is 1.00 bits per heavy atom. The van der Waals surface area contributed by atoms with Crippen molar-refractivity contribution >= 4 is 15.9 Å². The van der Waals surface area contributed by atoms with Crippen LogP contribution in [0, 0.1) is 6.92 Å². The number of methoxy groups -OCH3 is 1. The van der Waals surface area contributed by atoms with Gasteiger partial charge in [0.25, 0.3) is 0 Å². The molecular formula is C25H28N2O4S. The van der Waals surface area contributed by atoms with Gasteiger partial charge in [-0.2, -0.15) is 4.31 Å². The Morgan fingerprint density at radius 3 is 2.25 bits per heavy atom. The van der Waals surface area contributed by atoms with E-state index in [0.29, 0.717) is 0 Å². The number of nitrogens with one attached hydrogen (secondary N) is 1. The maximum Gasteiger partial charge on any atom is 0.247 e. The summed E-state index contributed by atoms with van der Waals surface area (Å²) in [7, 11) is -2.58. The van der Waals surface area contributed by atoms with Gasteiger partial charge in [0.2, 0.25) is 15.9 Å². The normalized spacial score (nSPS) is 12.4. The molecule has 0 aliphatic carbocycles. The summed E-state index contributed by atoms with van der Waals surface area (Å²) in [6.45, 7) is 3.43. The fourth-order valence-electron chi connectivity index (χ4n) is 3.41. The standard InChI is InChI=1S/C25H28N2O4S/c1-19-14-15-23(31-3)24(16-19)32(29,30)27(17-21-10-6-4-7-11-21)18-25(28)26-20(2)22-12-8-5-9-13-22/h4-16,20H,17-18H2,1-3H3,(H,26,28). The zero-order valence-electron chi connectivity index (χ0n) is 18.5. The summed E-state index contributed by atoms with van der Waals surface area (Å²) < 4.78 is 33.7. The number of hydrogen-bond donors (Lipinski definition) is 1. The van der Waals surface area contributed by atoms with Crippen LogP contribution < -0.4 is 10.1 Å². The van der Waals surface area contributed by atoms with Gasteiger partial charge in [0.1, 0.15) is 10.6 Å². The van der Waals surface area contributed by atoms with Crippen LogP contribution in [0.5, 0.6) is 5.75 Å². The van der Waals surface area contributed by atoms with E-state index in [-0.39, 0.29) is 35.7 Å². The first-order chi connectivity index (χ1) is 15.3. The molecule has 0 radical (unpaired) electrons. The third-order valence-corrected chi connectivity index (χ3v) is 6.95. The average molecular weight is 453 g/mol. The molecular weight excluding hydrogens is 424 g/mol. The number of nitrogens with zero attached hydrogens (tertiary/aromatic N) is 1. The molecule has 6 nitrogen and oxygen atoms in total. The van der Waals surface area contributed by atoms with Crippen LogP contribution in [-0.2, 0) is 21.4 Å². The van der Waals surface area contributed by atoms with Gasteiger partial charge in [0.05, 0.1) is 19.7 Å². The molecule has 3 rings (SSSR count). The van der Waals surface area contributed by atoms with Crippen molar-refractivity contribution in [3.63, 3.8) is 0 Å². The molecule has 3 aromatic rings. The van der Waals surface area contributed by atoms with Crippen molar-refractivity contribution in [2.24, 2.45) is 0 Å². The molecule has 0 aliphatic rings. The topological polar surface area (TPSA) is 75.7 Å². The monoisotopic (exact) mass is 452 g/mol. The van der Waals surface area contributed by atoms with Gasteiger partial charge in [-0.1, -0.05) is 66.7 Å². The fourth-order valence-corrected chi connectivity index (χ4v) is 5.03. The number of rotatable bonds is 9. The Hall–Kier alpha value is -3.16. The van der Waals surface area contributed by atoms with E-state index in [1.54, 1.807) is 18.2 Å². The molecule has 0 bridgehead atoms. The largest absolute Gasteiger partial charge is 0.495 e. The van der Waals surface area contributed by atoms with Crippen LogP contribution >= 0.6 is 0 Å². The third kappa shape index (κ3) is 5.75. The number of carbonyl (C=O) groups excluding carboxylic acids is 1. The van der Waals surface area contributed by atoms with E-state index in [1.807, 2.05) is 74.5 Å². The molecule has 0 heterocycles. The maximum absolute atomic E-state index is 13.6. The highest BCUT2D eigenvalue weighted by molar-refractivity contribution is 7.89. The first-order valence-electron chi connectivity index (χ1n) is 10.3. The van der Waals surface area contributed by atoms with E-state index < -0.39 is 10.0 Å². The summed E-state index contributed by atoms with van der Waals surface area (Å²) in [4.78, 5) is 12.9. The molecule has 3 aromatic carbocycles. The number of aryl methyl sites for hydroxylation is 1. The molecule has 32 heavy (non-hydrogen) atoms. The number of hydrogen-bond acceptors (Lipinski definition) is 4. The van der Waals surface area contributed by atoms with Crippen molar-refractivity contribution in [1.82, 2.24) is 9.62 Å². The molecule has 1 N–H and O–H groups in total. The SMILES string of the molecule is COc1ccc(C)cc1S(=O)(=O)N(CC(=O)NC(C)c1ccccc1)Cc1ccccc1. The summed E-state index contributed by atoms with van der Waals surface area (Å²) in [5.41, 5.74) is 2.51. The molecule has 0 saturated carbocycles. The minimum absolute atomic E-state index is 0.0415. The summed E-state index contributed by atoms with van der Waals surface area (Å²) >= 11 is 0. The summed E-state index contributed by atoms with van der Waals surface area (Å²) in [6, 6.07) is 23.5. The molecule has 168 valence electrons. The van der Waals surface area contributed by atoms with Gasteiger partial charge >= 0.3 is 0 Å². The maximum atomic E-state index is 13.6. The van der Waals surface area contributed by atoms with Crippen LogP contribution in [0.1, 0.15) is 29.7 Å². The lowest BCUT2D eigenvalue weighted by Gasteiger charge is -2.24. The van der Waals surface area contributed by atoms with Gasteiger partial charge in [0.15, 0.2) is 0 Å². The molecule has 0 spiro atoms. The Morgan fingerprint density at radius 2 is 1.62 bits per heavy atom. The number of sulfonamides is 1.